The van der Waals surface area contributed by atoms with Crippen molar-refractivity contribution in [2.24, 2.45) is 5.92 Å². The van der Waals surface area contributed by atoms with Crippen LogP contribution in [-0.2, 0) is 4.79 Å². The second-order valence-electron chi connectivity index (χ2n) is 7.71. The number of carbonyl (C=O) groups excluding carboxylic acids is 2. The number of hydrogen-bond acceptors (Lipinski definition) is 2. The summed E-state index contributed by atoms with van der Waals surface area (Å²) in [6.07, 6.45) is 1.90. The minimum atomic E-state index is -0.531. The number of amides is 2. The van der Waals surface area contributed by atoms with Gasteiger partial charge < -0.3 is 10.2 Å². The lowest BCUT2D eigenvalue weighted by atomic mass is 9.89. The molecule has 0 bridgehead atoms. The van der Waals surface area contributed by atoms with Crippen LogP contribution in [0.1, 0.15) is 48.5 Å². The van der Waals surface area contributed by atoms with Crippen LogP contribution in [0.5, 0.6) is 0 Å². The van der Waals surface area contributed by atoms with Crippen LogP contribution in [0.2, 0.25) is 5.02 Å². The molecule has 5 heteroatoms. The molecule has 0 aliphatic carbocycles. The molecule has 1 heterocycles. The maximum atomic E-state index is 13.1. The third-order valence-electron chi connectivity index (χ3n) is 5.40. The highest BCUT2D eigenvalue weighted by Gasteiger charge is 2.31. The fourth-order valence-corrected chi connectivity index (χ4v) is 3.82. The molecule has 28 heavy (non-hydrogen) atoms. The number of carbonyl (C=O) groups is 2. The Labute approximate surface area is 171 Å². The van der Waals surface area contributed by atoms with Crippen LogP contribution in [0.4, 0.5) is 0 Å². The SMILES string of the molecule is CC(C)C(NC(=O)c1ccc(Cl)cc1)C(=O)N1CCC(c2ccccc2)CC1. The third kappa shape index (κ3) is 4.93. The van der Waals surface area contributed by atoms with Crippen molar-refractivity contribution in [3.05, 3.63) is 70.7 Å². The zero-order chi connectivity index (χ0) is 20.1. The Morgan fingerprint density at radius 2 is 1.61 bits per heavy atom. The molecule has 1 aliphatic heterocycles. The van der Waals surface area contributed by atoms with E-state index in [2.05, 4.69) is 29.6 Å². The van der Waals surface area contributed by atoms with E-state index in [4.69, 9.17) is 11.6 Å². The first kappa shape index (κ1) is 20.4. The van der Waals surface area contributed by atoms with Crippen molar-refractivity contribution < 1.29 is 9.59 Å². The molecule has 148 valence electrons. The van der Waals surface area contributed by atoms with Crippen LogP contribution in [-0.4, -0.2) is 35.8 Å². The first-order valence-electron chi connectivity index (χ1n) is 9.86. The smallest absolute Gasteiger partial charge is 0.251 e. The van der Waals surface area contributed by atoms with E-state index in [-0.39, 0.29) is 17.7 Å². The van der Waals surface area contributed by atoms with Gasteiger partial charge in [-0.1, -0.05) is 55.8 Å². The predicted molar refractivity (Wildman–Crippen MR) is 113 cm³/mol. The molecule has 0 saturated carbocycles. The summed E-state index contributed by atoms with van der Waals surface area (Å²) < 4.78 is 0. The molecule has 4 nitrogen and oxygen atoms in total. The van der Waals surface area contributed by atoms with Gasteiger partial charge in [-0.05, 0) is 54.5 Å². The monoisotopic (exact) mass is 398 g/mol. The second-order valence-corrected chi connectivity index (χ2v) is 8.15. The Balaban J connectivity index is 1.62. The van der Waals surface area contributed by atoms with Gasteiger partial charge in [0.2, 0.25) is 5.91 Å². The molecule has 2 amide bonds. The van der Waals surface area contributed by atoms with Gasteiger partial charge in [-0.25, -0.2) is 0 Å². The summed E-state index contributed by atoms with van der Waals surface area (Å²) in [6, 6.07) is 16.6. The maximum absolute atomic E-state index is 13.1. The molecule has 1 N–H and O–H groups in total. The standard InChI is InChI=1S/C23H27ClN2O2/c1-16(2)21(25-22(27)19-8-10-20(24)11-9-19)23(28)26-14-12-18(13-15-26)17-6-4-3-5-7-17/h3-11,16,18,21H,12-15H2,1-2H3,(H,25,27). The van der Waals surface area contributed by atoms with Gasteiger partial charge in [0.15, 0.2) is 0 Å². The summed E-state index contributed by atoms with van der Waals surface area (Å²) in [6.45, 7) is 5.36. The molecule has 2 aromatic carbocycles. The van der Waals surface area contributed by atoms with Gasteiger partial charge in [0, 0.05) is 23.7 Å². The third-order valence-corrected chi connectivity index (χ3v) is 5.66. The average Bonchev–Trinajstić information content (AvgIpc) is 2.72. The molecular weight excluding hydrogens is 372 g/mol. The van der Waals surface area contributed by atoms with Crippen molar-refractivity contribution in [3.8, 4) is 0 Å². The number of hydrogen-bond donors (Lipinski definition) is 1. The lowest BCUT2D eigenvalue weighted by Crippen LogP contribution is -2.52. The topological polar surface area (TPSA) is 49.4 Å². The Kier molecular flexibility index (Phi) is 6.74. The highest BCUT2D eigenvalue weighted by atomic mass is 35.5. The van der Waals surface area contributed by atoms with Crippen LogP contribution in [0, 0.1) is 5.92 Å². The zero-order valence-corrected chi connectivity index (χ0v) is 17.2. The number of rotatable bonds is 5. The van der Waals surface area contributed by atoms with Crippen molar-refractivity contribution in [2.75, 3.05) is 13.1 Å². The maximum Gasteiger partial charge on any atom is 0.251 e. The molecule has 1 aliphatic rings. The first-order chi connectivity index (χ1) is 13.5. The summed E-state index contributed by atoms with van der Waals surface area (Å²) in [5, 5.41) is 3.50. The zero-order valence-electron chi connectivity index (χ0n) is 16.4. The summed E-state index contributed by atoms with van der Waals surface area (Å²) in [7, 11) is 0. The number of likely N-dealkylation sites (tertiary alicyclic amines) is 1. The van der Waals surface area contributed by atoms with Gasteiger partial charge in [0.25, 0.3) is 5.91 Å². The van der Waals surface area contributed by atoms with Gasteiger partial charge in [-0.2, -0.15) is 0 Å². The van der Waals surface area contributed by atoms with E-state index in [9.17, 15) is 9.59 Å². The Morgan fingerprint density at radius 1 is 1.00 bits per heavy atom. The summed E-state index contributed by atoms with van der Waals surface area (Å²) in [4.78, 5) is 27.6. The van der Waals surface area contributed by atoms with Crippen LogP contribution < -0.4 is 5.32 Å². The number of nitrogens with zero attached hydrogens (tertiary/aromatic N) is 1. The van der Waals surface area contributed by atoms with E-state index < -0.39 is 6.04 Å². The van der Waals surface area contributed by atoms with E-state index >= 15 is 0 Å². The molecule has 1 fully saturated rings. The number of nitrogens with one attached hydrogen (secondary N) is 1. The van der Waals surface area contributed by atoms with Gasteiger partial charge in [-0.3, -0.25) is 9.59 Å². The molecule has 0 aromatic heterocycles. The fraction of sp³-hybridized carbons (Fsp3) is 0.391. The number of benzene rings is 2. The summed E-state index contributed by atoms with van der Waals surface area (Å²) in [5.74, 6) is 0.258. The number of halogens is 1. The van der Waals surface area contributed by atoms with E-state index in [0.29, 0.717) is 16.5 Å². The molecule has 3 rings (SSSR count). The largest absolute Gasteiger partial charge is 0.341 e. The molecule has 0 spiro atoms. The van der Waals surface area contributed by atoms with Crippen molar-refractivity contribution >= 4 is 23.4 Å². The van der Waals surface area contributed by atoms with Crippen LogP contribution in [0.25, 0.3) is 0 Å². The van der Waals surface area contributed by atoms with Gasteiger partial charge in [0.1, 0.15) is 6.04 Å². The highest BCUT2D eigenvalue weighted by molar-refractivity contribution is 6.30. The predicted octanol–water partition coefficient (Wildman–Crippen LogP) is 4.50. The Hall–Kier alpha value is -2.33. The van der Waals surface area contributed by atoms with Crippen LogP contribution >= 0.6 is 11.6 Å². The van der Waals surface area contributed by atoms with Crippen molar-refractivity contribution in [2.45, 2.75) is 38.6 Å². The van der Waals surface area contributed by atoms with Crippen molar-refractivity contribution in [3.63, 3.8) is 0 Å². The quantitative estimate of drug-likeness (QED) is 0.806. The molecule has 1 atom stereocenters. The van der Waals surface area contributed by atoms with E-state index in [1.165, 1.54) is 5.56 Å². The molecule has 2 aromatic rings. The van der Waals surface area contributed by atoms with E-state index in [1.807, 2.05) is 24.8 Å². The minimum absolute atomic E-state index is 0.00354. The highest BCUT2D eigenvalue weighted by Crippen LogP contribution is 2.28. The average molecular weight is 399 g/mol. The fourth-order valence-electron chi connectivity index (χ4n) is 3.69. The van der Waals surface area contributed by atoms with Crippen LogP contribution in [0.3, 0.4) is 0 Å². The molecule has 1 unspecified atom stereocenters. The number of piperidine rings is 1. The van der Waals surface area contributed by atoms with Gasteiger partial charge >= 0.3 is 0 Å². The summed E-state index contributed by atoms with van der Waals surface area (Å²) in [5.41, 5.74) is 1.84. The first-order valence-corrected chi connectivity index (χ1v) is 10.2. The lowest BCUT2D eigenvalue weighted by Gasteiger charge is -2.35. The van der Waals surface area contributed by atoms with Gasteiger partial charge in [-0.15, -0.1) is 0 Å². The molecule has 0 radical (unpaired) electrons. The summed E-state index contributed by atoms with van der Waals surface area (Å²) >= 11 is 5.89. The lowest BCUT2D eigenvalue weighted by molar-refractivity contribution is -0.135. The normalized spacial score (nSPS) is 16.1. The van der Waals surface area contributed by atoms with Crippen molar-refractivity contribution in [1.82, 2.24) is 10.2 Å². The van der Waals surface area contributed by atoms with Gasteiger partial charge in [0.05, 0.1) is 0 Å². The van der Waals surface area contributed by atoms with E-state index in [0.717, 1.165) is 25.9 Å². The Morgan fingerprint density at radius 3 is 2.18 bits per heavy atom. The van der Waals surface area contributed by atoms with Crippen molar-refractivity contribution in [1.29, 1.82) is 0 Å². The second kappa shape index (κ2) is 9.24. The van der Waals surface area contributed by atoms with E-state index in [1.54, 1.807) is 24.3 Å². The molecular formula is C23H27ClN2O2. The Bertz CT molecular complexity index is 797. The molecule has 1 saturated heterocycles. The van der Waals surface area contributed by atoms with Crippen LogP contribution in [0.15, 0.2) is 54.6 Å². The minimum Gasteiger partial charge on any atom is -0.341 e.